The Morgan fingerprint density at radius 2 is 1.88 bits per heavy atom. The average Bonchev–Trinajstić information content (AvgIpc) is 3.04. The van der Waals surface area contributed by atoms with Gasteiger partial charge in [0.25, 0.3) is 5.91 Å². The number of benzene rings is 2. The second-order valence-electron chi connectivity index (χ2n) is 7.64. The zero-order valence-corrected chi connectivity index (χ0v) is 19.4. The molecule has 2 aromatic carbocycles. The number of hydrogen-bond acceptors (Lipinski definition) is 4. The van der Waals surface area contributed by atoms with Crippen LogP contribution in [0.25, 0.3) is 6.08 Å². The molecular weight excluding hydrogens is 426 g/mol. The van der Waals surface area contributed by atoms with Crippen LogP contribution in [-0.2, 0) is 11.3 Å². The number of carbonyl (C=O) groups excluding carboxylic acids is 2. The number of rotatable bonds is 8. The lowest BCUT2D eigenvalue weighted by molar-refractivity contribution is -0.130. The van der Waals surface area contributed by atoms with Crippen LogP contribution >= 0.6 is 11.6 Å². The van der Waals surface area contributed by atoms with Crippen molar-refractivity contribution in [3.8, 4) is 5.75 Å². The molecule has 0 saturated heterocycles. The van der Waals surface area contributed by atoms with E-state index in [0.717, 1.165) is 22.5 Å². The molecule has 7 heteroatoms. The molecule has 0 fully saturated rings. The molecule has 0 atom stereocenters. The van der Waals surface area contributed by atoms with Gasteiger partial charge in [-0.1, -0.05) is 41.9 Å². The summed E-state index contributed by atoms with van der Waals surface area (Å²) in [6, 6.07) is 14.5. The highest BCUT2D eigenvalue weighted by Gasteiger charge is 2.12. The first kappa shape index (κ1) is 23.3. The molecule has 1 amide bonds. The Balaban J connectivity index is 1.73. The summed E-state index contributed by atoms with van der Waals surface area (Å²) in [5.41, 5.74) is 4.14. The van der Waals surface area contributed by atoms with Crippen LogP contribution in [0.2, 0.25) is 5.02 Å². The van der Waals surface area contributed by atoms with Crippen LogP contribution in [0, 0.1) is 13.8 Å². The van der Waals surface area contributed by atoms with E-state index < -0.39 is 0 Å². The summed E-state index contributed by atoms with van der Waals surface area (Å²) < 4.78 is 7.38. The maximum Gasteiger partial charge on any atom is 0.259 e. The highest BCUT2D eigenvalue weighted by molar-refractivity contribution is 6.31. The van der Waals surface area contributed by atoms with E-state index in [1.54, 1.807) is 44.4 Å². The number of aromatic nitrogens is 2. The molecule has 0 saturated carbocycles. The number of likely N-dealkylation sites (N-methyl/N-ethyl adjacent to an activating group) is 1. The molecular formula is C25H26ClN3O3. The number of allylic oxidation sites excluding steroid dienone is 1. The second-order valence-corrected chi connectivity index (χ2v) is 8.04. The minimum atomic E-state index is -0.160. The van der Waals surface area contributed by atoms with E-state index in [4.69, 9.17) is 16.3 Å². The molecule has 1 heterocycles. The molecule has 0 aliphatic heterocycles. The van der Waals surface area contributed by atoms with Gasteiger partial charge in [0, 0.05) is 35.9 Å². The summed E-state index contributed by atoms with van der Waals surface area (Å²) in [6.07, 6.45) is 3.31. The van der Waals surface area contributed by atoms with Crippen molar-refractivity contribution in [1.82, 2.24) is 14.7 Å². The Bertz CT molecular complexity index is 1160. The number of aryl methyl sites for hydroxylation is 1. The minimum absolute atomic E-state index is 0.0799. The monoisotopic (exact) mass is 451 g/mol. The maximum atomic E-state index is 12.7. The molecule has 6 nitrogen and oxygen atoms in total. The number of ether oxygens (including phenoxy) is 1. The van der Waals surface area contributed by atoms with E-state index in [0.29, 0.717) is 22.9 Å². The van der Waals surface area contributed by atoms with Crippen LogP contribution in [0.1, 0.15) is 32.9 Å². The van der Waals surface area contributed by atoms with Crippen LogP contribution in [0.4, 0.5) is 0 Å². The minimum Gasteiger partial charge on any atom is -0.484 e. The van der Waals surface area contributed by atoms with Gasteiger partial charge >= 0.3 is 0 Å². The third kappa shape index (κ3) is 5.65. The van der Waals surface area contributed by atoms with Gasteiger partial charge in [0.15, 0.2) is 12.4 Å². The van der Waals surface area contributed by atoms with Crippen LogP contribution in [0.5, 0.6) is 5.75 Å². The zero-order valence-electron chi connectivity index (χ0n) is 18.6. The van der Waals surface area contributed by atoms with Gasteiger partial charge < -0.3 is 9.64 Å². The summed E-state index contributed by atoms with van der Waals surface area (Å²) in [7, 11) is 3.33. The molecule has 166 valence electrons. The summed E-state index contributed by atoms with van der Waals surface area (Å²) in [5, 5.41) is 5.30. The predicted molar refractivity (Wildman–Crippen MR) is 126 cm³/mol. The number of nitrogens with zero attached hydrogens (tertiary/aromatic N) is 3. The van der Waals surface area contributed by atoms with E-state index in [1.165, 1.54) is 11.0 Å². The second kappa shape index (κ2) is 10.3. The lowest BCUT2D eigenvalue weighted by Crippen LogP contribution is -2.27. The fourth-order valence-electron chi connectivity index (χ4n) is 3.16. The third-order valence-corrected chi connectivity index (χ3v) is 5.47. The van der Waals surface area contributed by atoms with Crippen molar-refractivity contribution in [2.75, 3.05) is 20.7 Å². The Hall–Kier alpha value is -3.38. The Morgan fingerprint density at radius 3 is 2.59 bits per heavy atom. The molecule has 0 aliphatic carbocycles. The van der Waals surface area contributed by atoms with E-state index >= 15 is 0 Å². The van der Waals surface area contributed by atoms with Crippen molar-refractivity contribution >= 4 is 29.4 Å². The molecule has 0 bridgehead atoms. The smallest absolute Gasteiger partial charge is 0.259 e. The highest BCUT2D eigenvalue weighted by atomic mass is 35.5. The number of ketones is 1. The first-order valence-corrected chi connectivity index (χ1v) is 10.6. The number of hydrogen-bond donors (Lipinski definition) is 0. The fourth-order valence-corrected chi connectivity index (χ4v) is 3.36. The summed E-state index contributed by atoms with van der Waals surface area (Å²) >= 11 is 6.28. The van der Waals surface area contributed by atoms with Crippen molar-refractivity contribution in [2.24, 2.45) is 0 Å². The molecule has 0 spiro atoms. The van der Waals surface area contributed by atoms with E-state index in [9.17, 15) is 9.59 Å². The van der Waals surface area contributed by atoms with E-state index in [-0.39, 0.29) is 18.3 Å². The van der Waals surface area contributed by atoms with Gasteiger partial charge in [-0.2, -0.15) is 5.10 Å². The van der Waals surface area contributed by atoms with Crippen molar-refractivity contribution in [1.29, 1.82) is 0 Å². The van der Waals surface area contributed by atoms with Gasteiger partial charge in [-0.25, -0.2) is 0 Å². The standard InChI is InChI=1S/C25H26ClN3O3/c1-17-22(18(2)29(27-17)15-20-8-5-6-11-23(20)26)12-13-24(30)19-9-7-10-21(14-19)32-16-25(31)28(3)4/h5-14H,15-16H2,1-4H3. The van der Waals surface area contributed by atoms with Crippen molar-refractivity contribution in [3.63, 3.8) is 0 Å². The SMILES string of the molecule is Cc1nn(Cc2ccccc2Cl)c(C)c1C=CC(=O)c1cccc(OCC(=O)N(C)C)c1. The molecule has 0 aliphatic rings. The summed E-state index contributed by atoms with van der Waals surface area (Å²) in [4.78, 5) is 25.9. The van der Waals surface area contributed by atoms with Crippen LogP contribution in [0.15, 0.2) is 54.6 Å². The van der Waals surface area contributed by atoms with Crippen LogP contribution < -0.4 is 4.74 Å². The summed E-state index contributed by atoms with van der Waals surface area (Å²) in [5.74, 6) is 0.160. The van der Waals surface area contributed by atoms with Gasteiger partial charge in [-0.3, -0.25) is 14.3 Å². The first-order valence-electron chi connectivity index (χ1n) is 10.2. The normalized spacial score (nSPS) is 11.0. The predicted octanol–water partition coefficient (Wildman–Crippen LogP) is 4.56. The first-order chi connectivity index (χ1) is 15.3. The largest absolute Gasteiger partial charge is 0.484 e. The molecule has 0 radical (unpaired) electrons. The van der Waals surface area contributed by atoms with E-state index in [2.05, 4.69) is 5.10 Å². The molecule has 0 N–H and O–H groups in total. The van der Waals surface area contributed by atoms with Crippen molar-refractivity contribution in [3.05, 3.63) is 87.7 Å². The quantitative estimate of drug-likeness (QED) is 0.372. The highest BCUT2D eigenvalue weighted by Crippen LogP contribution is 2.21. The summed E-state index contributed by atoms with van der Waals surface area (Å²) in [6.45, 7) is 4.36. The lowest BCUT2D eigenvalue weighted by atomic mass is 10.1. The van der Waals surface area contributed by atoms with Crippen LogP contribution in [0.3, 0.4) is 0 Å². The Kier molecular flexibility index (Phi) is 7.49. The Labute approximate surface area is 193 Å². The topological polar surface area (TPSA) is 64.4 Å². The molecule has 3 rings (SSSR count). The van der Waals surface area contributed by atoms with Crippen LogP contribution in [-0.4, -0.2) is 47.1 Å². The third-order valence-electron chi connectivity index (χ3n) is 5.10. The molecule has 32 heavy (non-hydrogen) atoms. The number of carbonyl (C=O) groups is 2. The lowest BCUT2D eigenvalue weighted by Gasteiger charge is -2.11. The van der Waals surface area contributed by atoms with Gasteiger partial charge in [-0.05, 0) is 49.8 Å². The van der Waals surface area contributed by atoms with Gasteiger partial charge in [-0.15, -0.1) is 0 Å². The van der Waals surface area contributed by atoms with E-state index in [1.807, 2.05) is 42.8 Å². The van der Waals surface area contributed by atoms with Gasteiger partial charge in [0.05, 0.1) is 12.2 Å². The molecule has 0 unspecified atom stereocenters. The number of amides is 1. The fraction of sp³-hybridized carbons (Fsp3) is 0.240. The van der Waals surface area contributed by atoms with Crippen molar-refractivity contribution in [2.45, 2.75) is 20.4 Å². The Morgan fingerprint density at radius 1 is 1.12 bits per heavy atom. The van der Waals surface area contributed by atoms with Gasteiger partial charge in [0.1, 0.15) is 5.75 Å². The zero-order chi connectivity index (χ0) is 23.3. The maximum absolute atomic E-state index is 12.7. The molecule has 3 aromatic rings. The van der Waals surface area contributed by atoms with Crippen molar-refractivity contribution < 1.29 is 14.3 Å². The molecule has 1 aromatic heterocycles. The van der Waals surface area contributed by atoms with Gasteiger partial charge in [0.2, 0.25) is 0 Å². The average molecular weight is 452 g/mol. The number of halogens is 1.